The Bertz CT molecular complexity index is 128. The van der Waals surface area contributed by atoms with Gasteiger partial charge in [-0.05, 0) is 24.8 Å². The SMILES string of the molecule is CC.CC.CCN1CC2(CCCCC2)C1. The molecule has 2 rings (SSSR count). The van der Waals surface area contributed by atoms with Crippen molar-refractivity contribution < 1.29 is 0 Å². The van der Waals surface area contributed by atoms with Crippen molar-refractivity contribution in [2.75, 3.05) is 19.6 Å². The minimum absolute atomic E-state index is 0.800. The van der Waals surface area contributed by atoms with E-state index >= 15 is 0 Å². The van der Waals surface area contributed by atoms with E-state index in [0.29, 0.717) is 0 Å². The molecule has 1 aliphatic carbocycles. The molecular formula is C14H31N. The molecule has 2 fully saturated rings. The second kappa shape index (κ2) is 8.15. The van der Waals surface area contributed by atoms with E-state index in [2.05, 4.69) is 11.8 Å². The first-order valence-electron chi connectivity index (χ1n) is 7.07. The molecule has 0 bridgehead atoms. The van der Waals surface area contributed by atoms with Crippen molar-refractivity contribution in [3.05, 3.63) is 0 Å². The lowest BCUT2D eigenvalue weighted by Gasteiger charge is -2.52. The maximum atomic E-state index is 2.57. The molecule has 0 aromatic carbocycles. The maximum absolute atomic E-state index is 2.57. The van der Waals surface area contributed by atoms with Crippen molar-refractivity contribution in [3.63, 3.8) is 0 Å². The molecule has 0 aromatic rings. The van der Waals surface area contributed by atoms with Crippen LogP contribution in [0.4, 0.5) is 0 Å². The van der Waals surface area contributed by atoms with Crippen LogP contribution in [0.15, 0.2) is 0 Å². The van der Waals surface area contributed by atoms with E-state index in [1.54, 1.807) is 0 Å². The van der Waals surface area contributed by atoms with Gasteiger partial charge in [0.15, 0.2) is 0 Å². The van der Waals surface area contributed by atoms with Crippen LogP contribution in [0.5, 0.6) is 0 Å². The van der Waals surface area contributed by atoms with Gasteiger partial charge in [0, 0.05) is 13.1 Å². The smallest absolute Gasteiger partial charge is 0.00504 e. The van der Waals surface area contributed by atoms with Gasteiger partial charge in [0.25, 0.3) is 0 Å². The van der Waals surface area contributed by atoms with Crippen LogP contribution >= 0.6 is 0 Å². The highest BCUT2D eigenvalue weighted by Crippen LogP contribution is 2.43. The van der Waals surface area contributed by atoms with Gasteiger partial charge in [-0.2, -0.15) is 0 Å². The van der Waals surface area contributed by atoms with Crippen LogP contribution in [0.25, 0.3) is 0 Å². The number of rotatable bonds is 1. The third-order valence-corrected chi connectivity index (χ3v) is 3.48. The van der Waals surface area contributed by atoms with Gasteiger partial charge < -0.3 is 4.90 Å². The van der Waals surface area contributed by atoms with E-state index in [0.717, 1.165) is 5.41 Å². The van der Waals surface area contributed by atoms with Crippen molar-refractivity contribution in [3.8, 4) is 0 Å². The Hall–Kier alpha value is -0.0400. The Kier molecular flexibility index (Phi) is 8.13. The summed E-state index contributed by atoms with van der Waals surface area (Å²) in [6.07, 6.45) is 7.52. The molecule has 1 nitrogen and oxygen atoms in total. The standard InChI is InChI=1S/C10H19N.2C2H6/c1-2-11-8-10(9-11)6-4-3-5-7-10;2*1-2/h2-9H2,1H3;2*1-2H3. The first kappa shape index (κ1) is 15.0. The largest absolute Gasteiger partial charge is 0.302 e. The molecule has 1 aliphatic heterocycles. The van der Waals surface area contributed by atoms with E-state index in [-0.39, 0.29) is 0 Å². The normalized spacial score (nSPS) is 23.0. The van der Waals surface area contributed by atoms with Gasteiger partial charge in [0.2, 0.25) is 0 Å². The van der Waals surface area contributed by atoms with Gasteiger partial charge in [-0.15, -0.1) is 0 Å². The average molecular weight is 213 g/mol. The summed E-state index contributed by atoms with van der Waals surface area (Å²) in [5.74, 6) is 0. The van der Waals surface area contributed by atoms with Gasteiger partial charge in [0.1, 0.15) is 0 Å². The van der Waals surface area contributed by atoms with Crippen LogP contribution in [0.2, 0.25) is 0 Å². The fraction of sp³-hybridized carbons (Fsp3) is 1.00. The van der Waals surface area contributed by atoms with E-state index in [4.69, 9.17) is 0 Å². The molecule has 0 aromatic heterocycles. The Balaban J connectivity index is 0.000000442. The Morgan fingerprint density at radius 3 is 1.73 bits per heavy atom. The Labute approximate surface area is 97.2 Å². The summed E-state index contributed by atoms with van der Waals surface area (Å²) < 4.78 is 0. The van der Waals surface area contributed by atoms with Crippen LogP contribution in [0.3, 0.4) is 0 Å². The van der Waals surface area contributed by atoms with Crippen LogP contribution in [0, 0.1) is 5.41 Å². The van der Waals surface area contributed by atoms with Crippen molar-refractivity contribution in [1.82, 2.24) is 4.90 Å². The van der Waals surface area contributed by atoms with Crippen molar-refractivity contribution in [2.24, 2.45) is 5.41 Å². The third-order valence-electron chi connectivity index (χ3n) is 3.48. The van der Waals surface area contributed by atoms with Crippen LogP contribution in [-0.2, 0) is 0 Å². The number of nitrogens with zero attached hydrogens (tertiary/aromatic N) is 1. The minimum atomic E-state index is 0.800. The zero-order valence-electron chi connectivity index (χ0n) is 11.6. The van der Waals surface area contributed by atoms with Crippen molar-refractivity contribution >= 4 is 0 Å². The fourth-order valence-electron chi connectivity index (χ4n) is 2.74. The van der Waals surface area contributed by atoms with Gasteiger partial charge in [-0.1, -0.05) is 53.9 Å². The first-order valence-corrected chi connectivity index (χ1v) is 7.07. The highest BCUT2D eigenvalue weighted by molar-refractivity contribution is 4.95. The summed E-state index contributed by atoms with van der Waals surface area (Å²) >= 11 is 0. The predicted octanol–water partition coefficient (Wildman–Crippen LogP) is 4.32. The first-order chi connectivity index (χ1) is 7.35. The summed E-state index contributed by atoms with van der Waals surface area (Å²) in [6, 6.07) is 0. The molecule has 0 atom stereocenters. The molecule has 1 saturated carbocycles. The second-order valence-electron chi connectivity index (χ2n) is 4.36. The van der Waals surface area contributed by atoms with E-state index < -0.39 is 0 Å². The number of hydrogen-bond donors (Lipinski definition) is 0. The fourth-order valence-corrected chi connectivity index (χ4v) is 2.74. The van der Waals surface area contributed by atoms with Crippen LogP contribution in [0.1, 0.15) is 66.7 Å². The van der Waals surface area contributed by atoms with E-state index in [1.165, 1.54) is 51.7 Å². The predicted molar refractivity (Wildman–Crippen MR) is 70.3 cm³/mol. The quantitative estimate of drug-likeness (QED) is 0.627. The summed E-state index contributed by atoms with van der Waals surface area (Å²) in [7, 11) is 0. The highest BCUT2D eigenvalue weighted by atomic mass is 15.2. The topological polar surface area (TPSA) is 3.24 Å². The van der Waals surface area contributed by atoms with Gasteiger partial charge in [-0.25, -0.2) is 0 Å². The molecular weight excluding hydrogens is 182 g/mol. The lowest BCUT2D eigenvalue weighted by Crippen LogP contribution is -2.56. The molecule has 2 aliphatic rings. The van der Waals surface area contributed by atoms with Crippen LogP contribution in [-0.4, -0.2) is 24.5 Å². The molecule has 1 heterocycles. The molecule has 0 amide bonds. The Morgan fingerprint density at radius 1 is 0.867 bits per heavy atom. The van der Waals surface area contributed by atoms with E-state index in [1.807, 2.05) is 27.7 Å². The van der Waals surface area contributed by atoms with Crippen molar-refractivity contribution in [1.29, 1.82) is 0 Å². The maximum Gasteiger partial charge on any atom is 0.00504 e. The number of likely N-dealkylation sites (tertiary alicyclic amines) is 1. The molecule has 0 unspecified atom stereocenters. The second-order valence-corrected chi connectivity index (χ2v) is 4.36. The van der Waals surface area contributed by atoms with Gasteiger partial charge >= 0.3 is 0 Å². The highest BCUT2D eigenvalue weighted by Gasteiger charge is 2.42. The third kappa shape index (κ3) is 4.14. The molecule has 1 spiro atoms. The molecule has 1 heteroatoms. The van der Waals surface area contributed by atoms with Gasteiger partial charge in [0.05, 0.1) is 0 Å². The minimum Gasteiger partial charge on any atom is -0.302 e. The monoisotopic (exact) mass is 213 g/mol. The number of hydrogen-bond acceptors (Lipinski definition) is 1. The Morgan fingerprint density at radius 2 is 1.33 bits per heavy atom. The molecule has 92 valence electrons. The van der Waals surface area contributed by atoms with Crippen molar-refractivity contribution in [2.45, 2.75) is 66.7 Å². The molecule has 1 saturated heterocycles. The summed E-state index contributed by atoms with van der Waals surface area (Å²) in [5, 5.41) is 0. The van der Waals surface area contributed by atoms with Crippen LogP contribution < -0.4 is 0 Å². The molecule has 0 N–H and O–H groups in total. The zero-order valence-corrected chi connectivity index (χ0v) is 11.6. The summed E-state index contributed by atoms with van der Waals surface area (Å²) in [6.45, 7) is 14.4. The summed E-state index contributed by atoms with van der Waals surface area (Å²) in [5.41, 5.74) is 0.800. The molecule has 15 heavy (non-hydrogen) atoms. The molecule has 0 radical (unpaired) electrons. The zero-order chi connectivity index (χ0) is 11.7. The lowest BCUT2D eigenvalue weighted by atomic mass is 9.69. The van der Waals surface area contributed by atoms with Gasteiger partial charge in [-0.3, -0.25) is 0 Å². The summed E-state index contributed by atoms with van der Waals surface area (Å²) in [4.78, 5) is 2.57. The average Bonchev–Trinajstić information content (AvgIpc) is 2.32. The lowest BCUT2D eigenvalue weighted by molar-refractivity contribution is -0.0240. The van der Waals surface area contributed by atoms with E-state index in [9.17, 15) is 0 Å².